The lowest BCUT2D eigenvalue weighted by Gasteiger charge is -2.13. The number of primary amides is 1. The van der Waals surface area contributed by atoms with Crippen LogP contribution in [0.4, 0.5) is 5.00 Å². The van der Waals surface area contributed by atoms with Crippen LogP contribution in [0.3, 0.4) is 0 Å². The number of benzene rings is 1. The van der Waals surface area contributed by atoms with Crippen molar-refractivity contribution in [2.45, 2.75) is 20.3 Å². The van der Waals surface area contributed by atoms with Gasteiger partial charge >= 0.3 is 0 Å². The zero-order valence-electron chi connectivity index (χ0n) is 14.3. The first-order chi connectivity index (χ1) is 12.3. The molecule has 3 rings (SSSR count). The molecule has 0 fully saturated rings. The molecule has 0 spiro atoms. The highest BCUT2D eigenvalue weighted by Crippen LogP contribution is 2.32. The molecule has 1 aliphatic heterocycles. The van der Waals surface area contributed by atoms with Crippen LogP contribution in [0.5, 0.6) is 0 Å². The van der Waals surface area contributed by atoms with Gasteiger partial charge in [0.1, 0.15) is 5.00 Å². The number of aryl methyl sites for hydroxylation is 1. The van der Waals surface area contributed by atoms with Crippen LogP contribution in [0.2, 0.25) is 0 Å². The van der Waals surface area contributed by atoms with E-state index < -0.39 is 23.6 Å². The van der Waals surface area contributed by atoms with Gasteiger partial charge in [-0.25, -0.2) is 0 Å². The molecular formula is C18H17N3O4S. The van der Waals surface area contributed by atoms with E-state index in [9.17, 15) is 19.2 Å². The van der Waals surface area contributed by atoms with E-state index >= 15 is 0 Å². The zero-order valence-corrected chi connectivity index (χ0v) is 15.1. The van der Waals surface area contributed by atoms with Gasteiger partial charge in [0.25, 0.3) is 17.7 Å². The molecule has 0 unspecified atom stereocenters. The fourth-order valence-electron chi connectivity index (χ4n) is 2.86. The fourth-order valence-corrected chi connectivity index (χ4v) is 3.94. The third-order valence-corrected chi connectivity index (χ3v) is 5.45. The lowest BCUT2D eigenvalue weighted by Crippen LogP contribution is -2.33. The summed E-state index contributed by atoms with van der Waals surface area (Å²) < 4.78 is 0. The number of hydrogen-bond donors (Lipinski definition) is 2. The minimum Gasteiger partial charge on any atom is -0.365 e. The molecule has 2 aromatic rings. The van der Waals surface area contributed by atoms with Crippen molar-refractivity contribution < 1.29 is 19.2 Å². The number of nitrogens with two attached hydrogens (primary N) is 1. The first kappa shape index (κ1) is 17.8. The van der Waals surface area contributed by atoms with E-state index in [1.807, 2.05) is 6.92 Å². The predicted molar refractivity (Wildman–Crippen MR) is 97.4 cm³/mol. The number of nitrogens with one attached hydrogen (secondary N) is 1. The number of fused-ring (bicyclic) bond motifs is 1. The second-order valence-corrected chi connectivity index (χ2v) is 7.18. The lowest BCUT2D eigenvalue weighted by atomic mass is 10.1. The standard InChI is InChI=1S/C18H17N3O4S/c1-9-10(2)26-16(14(9)15(19)23)20-13(22)7-8-21-17(24)11-5-3-4-6-12(11)18(21)25/h3-6H,7-8H2,1-2H3,(H2,19,23)(H,20,22). The van der Waals surface area contributed by atoms with Crippen molar-refractivity contribution in [3.63, 3.8) is 0 Å². The monoisotopic (exact) mass is 371 g/mol. The van der Waals surface area contributed by atoms with Crippen molar-refractivity contribution in [1.82, 2.24) is 4.90 Å². The summed E-state index contributed by atoms with van der Waals surface area (Å²) >= 11 is 1.27. The highest BCUT2D eigenvalue weighted by atomic mass is 32.1. The topological polar surface area (TPSA) is 110 Å². The number of thiophene rings is 1. The lowest BCUT2D eigenvalue weighted by molar-refractivity contribution is -0.116. The molecule has 0 aliphatic carbocycles. The Balaban J connectivity index is 1.68. The maximum atomic E-state index is 12.3. The maximum absolute atomic E-state index is 12.3. The van der Waals surface area contributed by atoms with Gasteiger partial charge < -0.3 is 11.1 Å². The van der Waals surface area contributed by atoms with E-state index in [-0.39, 0.29) is 13.0 Å². The second-order valence-electron chi connectivity index (χ2n) is 5.96. The summed E-state index contributed by atoms with van der Waals surface area (Å²) in [5, 5.41) is 3.05. The summed E-state index contributed by atoms with van der Waals surface area (Å²) in [6, 6.07) is 6.55. The van der Waals surface area contributed by atoms with Crippen molar-refractivity contribution in [3.05, 3.63) is 51.4 Å². The van der Waals surface area contributed by atoms with E-state index in [4.69, 9.17) is 5.73 Å². The number of hydrogen-bond acceptors (Lipinski definition) is 5. The fraction of sp³-hybridized carbons (Fsp3) is 0.222. The third kappa shape index (κ3) is 2.99. The first-order valence-corrected chi connectivity index (χ1v) is 8.77. The Morgan fingerprint density at radius 2 is 1.69 bits per heavy atom. The van der Waals surface area contributed by atoms with Gasteiger partial charge in [0, 0.05) is 17.8 Å². The summed E-state index contributed by atoms with van der Waals surface area (Å²) in [5.74, 6) is -1.81. The largest absolute Gasteiger partial charge is 0.365 e. The SMILES string of the molecule is Cc1sc(NC(=O)CCN2C(=O)c3ccccc3C2=O)c(C(N)=O)c1C. The number of rotatable bonds is 5. The van der Waals surface area contributed by atoms with E-state index in [2.05, 4.69) is 5.32 Å². The van der Waals surface area contributed by atoms with Gasteiger partial charge in [0.2, 0.25) is 5.91 Å². The number of carbonyl (C=O) groups excluding carboxylic acids is 4. The molecule has 7 nitrogen and oxygen atoms in total. The molecule has 0 saturated carbocycles. The quantitative estimate of drug-likeness (QED) is 0.784. The van der Waals surface area contributed by atoms with Crippen LogP contribution in [0, 0.1) is 13.8 Å². The summed E-state index contributed by atoms with van der Waals surface area (Å²) in [6.45, 7) is 3.56. The molecule has 1 aromatic carbocycles. The molecule has 1 aromatic heterocycles. The van der Waals surface area contributed by atoms with Crippen LogP contribution in [-0.2, 0) is 4.79 Å². The molecule has 2 heterocycles. The average Bonchev–Trinajstić information content (AvgIpc) is 3.00. The number of carbonyl (C=O) groups is 4. The van der Waals surface area contributed by atoms with Crippen molar-refractivity contribution in [2.24, 2.45) is 5.73 Å². The van der Waals surface area contributed by atoms with E-state index in [0.717, 1.165) is 15.3 Å². The second kappa shape index (κ2) is 6.72. The minimum atomic E-state index is -0.609. The Morgan fingerprint density at radius 1 is 1.12 bits per heavy atom. The molecule has 0 saturated heterocycles. The molecule has 0 radical (unpaired) electrons. The normalized spacial score (nSPS) is 13.1. The van der Waals surface area contributed by atoms with Crippen molar-refractivity contribution in [2.75, 3.05) is 11.9 Å². The van der Waals surface area contributed by atoms with Crippen molar-refractivity contribution in [1.29, 1.82) is 0 Å². The van der Waals surface area contributed by atoms with E-state index in [0.29, 0.717) is 21.7 Å². The van der Waals surface area contributed by atoms with Crippen LogP contribution in [-0.4, -0.2) is 35.1 Å². The van der Waals surface area contributed by atoms with Crippen molar-refractivity contribution in [3.8, 4) is 0 Å². The molecule has 134 valence electrons. The molecule has 0 atom stereocenters. The van der Waals surface area contributed by atoms with E-state index in [1.54, 1.807) is 31.2 Å². The number of anilines is 1. The summed E-state index contributed by atoms with van der Waals surface area (Å²) in [4.78, 5) is 50.4. The van der Waals surface area contributed by atoms with Crippen LogP contribution in [0.25, 0.3) is 0 Å². The number of amides is 4. The van der Waals surface area contributed by atoms with Gasteiger partial charge in [-0.1, -0.05) is 12.1 Å². The van der Waals surface area contributed by atoms with Gasteiger partial charge in [-0.3, -0.25) is 24.1 Å². The summed E-state index contributed by atoms with van der Waals surface area (Å²) in [6.07, 6.45) is -0.0698. The Kier molecular flexibility index (Phi) is 4.60. The average molecular weight is 371 g/mol. The smallest absolute Gasteiger partial charge is 0.261 e. The third-order valence-electron chi connectivity index (χ3n) is 4.33. The first-order valence-electron chi connectivity index (χ1n) is 7.96. The Labute approximate surface area is 153 Å². The molecule has 0 bridgehead atoms. The Bertz CT molecular complexity index is 913. The van der Waals surface area contributed by atoms with Gasteiger partial charge in [0.05, 0.1) is 16.7 Å². The molecule has 1 aliphatic rings. The predicted octanol–water partition coefficient (Wildman–Crippen LogP) is 2.09. The number of imide groups is 1. The van der Waals surface area contributed by atoms with Gasteiger partial charge in [-0.05, 0) is 31.5 Å². The van der Waals surface area contributed by atoms with Gasteiger partial charge in [0.15, 0.2) is 0 Å². The van der Waals surface area contributed by atoms with E-state index in [1.165, 1.54) is 11.3 Å². The van der Waals surface area contributed by atoms with Crippen LogP contribution < -0.4 is 11.1 Å². The summed E-state index contributed by atoms with van der Waals surface area (Å²) in [7, 11) is 0. The highest BCUT2D eigenvalue weighted by molar-refractivity contribution is 7.16. The molecule has 4 amide bonds. The van der Waals surface area contributed by atoms with Crippen LogP contribution >= 0.6 is 11.3 Å². The maximum Gasteiger partial charge on any atom is 0.261 e. The molecule has 26 heavy (non-hydrogen) atoms. The Morgan fingerprint density at radius 3 is 2.23 bits per heavy atom. The summed E-state index contributed by atoms with van der Waals surface area (Å²) in [5.41, 5.74) is 7.10. The molecule has 3 N–H and O–H groups in total. The van der Waals surface area contributed by atoms with Gasteiger partial charge in [-0.2, -0.15) is 0 Å². The van der Waals surface area contributed by atoms with Crippen LogP contribution in [0.15, 0.2) is 24.3 Å². The minimum absolute atomic E-state index is 0.0343. The number of nitrogens with zero attached hydrogens (tertiary/aromatic N) is 1. The van der Waals surface area contributed by atoms with Crippen molar-refractivity contribution >= 4 is 40.0 Å². The highest BCUT2D eigenvalue weighted by Gasteiger charge is 2.35. The van der Waals surface area contributed by atoms with Gasteiger partial charge in [-0.15, -0.1) is 11.3 Å². The molecular weight excluding hydrogens is 354 g/mol. The zero-order chi connectivity index (χ0) is 19.0. The Hall–Kier alpha value is -3.00. The molecule has 8 heteroatoms. The van der Waals surface area contributed by atoms with Crippen LogP contribution in [0.1, 0.15) is 47.9 Å².